The van der Waals surface area contributed by atoms with E-state index in [4.69, 9.17) is 9.47 Å². The molecule has 1 unspecified atom stereocenters. The minimum Gasteiger partial charge on any atom is -0.486 e. The smallest absolute Gasteiger partial charge is 0.270 e. The number of morpholine rings is 1. The number of hydrogen-bond donors (Lipinski definition) is 1. The van der Waals surface area contributed by atoms with E-state index in [1.54, 1.807) is 5.38 Å². The Morgan fingerprint density at radius 2 is 2.03 bits per heavy atom. The summed E-state index contributed by atoms with van der Waals surface area (Å²) < 4.78 is 11.6. The Kier molecular flexibility index (Phi) is 7.30. The van der Waals surface area contributed by atoms with E-state index in [1.165, 1.54) is 22.5 Å². The number of nitrogens with zero attached hydrogens (tertiary/aromatic N) is 2. The van der Waals surface area contributed by atoms with E-state index in [0.29, 0.717) is 25.5 Å². The van der Waals surface area contributed by atoms with Gasteiger partial charge in [-0.15, -0.1) is 11.3 Å². The lowest BCUT2D eigenvalue weighted by Gasteiger charge is -2.33. The second kappa shape index (κ2) is 10.5. The van der Waals surface area contributed by atoms with Gasteiger partial charge in [0.1, 0.15) is 23.1 Å². The standard InChI is InChI=1S/C24H27N3O3S/c1-18-7-9-20(10-8-18)30-16-23-26-22(17-31-23)24(28)25-13-21-15-27(11-12-29-21)14-19-5-3-2-4-6-19/h2-10,17,21H,11-16H2,1H3,(H,25,28). The minimum absolute atomic E-state index is 0.0237. The Morgan fingerprint density at radius 1 is 1.23 bits per heavy atom. The summed E-state index contributed by atoms with van der Waals surface area (Å²) in [6.07, 6.45) is -0.0237. The van der Waals surface area contributed by atoms with Crippen molar-refractivity contribution in [2.24, 2.45) is 0 Å². The van der Waals surface area contributed by atoms with Crippen molar-refractivity contribution in [2.45, 2.75) is 26.2 Å². The second-order valence-corrected chi connectivity index (χ2v) is 8.59. The molecule has 1 amide bonds. The van der Waals surface area contributed by atoms with Crippen molar-refractivity contribution in [1.29, 1.82) is 0 Å². The summed E-state index contributed by atoms with van der Waals surface area (Å²) in [4.78, 5) is 19.3. The Balaban J connectivity index is 1.22. The molecular weight excluding hydrogens is 410 g/mol. The Labute approximate surface area is 186 Å². The van der Waals surface area contributed by atoms with Gasteiger partial charge in [-0.1, -0.05) is 48.0 Å². The third-order valence-electron chi connectivity index (χ3n) is 5.13. The number of amides is 1. The van der Waals surface area contributed by atoms with Crippen LogP contribution in [0, 0.1) is 6.92 Å². The summed E-state index contributed by atoms with van der Waals surface area (Å²) in [6.45, 7) is 6.11. The highest BCUT2D eigenvalue weighted by Gasteiger charge is 2.22. The van der Waals surface area contributed by atoms with E-state index >= 15 is 0 Å². The molecule has 1 fully saturated rings. The maximum absolute atomic E-state index is 12.5. The van der Waals surface area contributed by atoms with Gasteiger partial charge < -0.3 is 14.8 Å². The number of benzene rings is 2. The Hall–Kier alpha value is -2.74. The van der Waals surface area contributed by atoms with E-state index < -0.39 is 0 Å². The highest BCUT2D eigenvalue weighted by molar-refractivity contribution is 7.09. The van der Waals surface area contributed by atoms with Crippen LogP contribution in [0.5, 0.6) is 5.75 Å². The quantitative estimate of drug-likeness (QED) is 0.583. The fraction of sp³-hybridized carbons (Fsp3) is 0.333. The number of aromatic nitrogens is 1. The summed E-state index contributed by atoms with van der Waals surface area (Å²) >= 11 is 1.43. The molecule has 1 atom stereocenters. The molecular formula is C24H27N3O3S. The number of hydrogen-bond acceptors (Lipinski definition) is 6. The first-order valence-electron chi connectivity index (χ1n) is 10.5. The summed E-state index contributed by atoms with van der Waals surface area (Å²) in [5.41, 5.74) is 2.89. The van der Waals surface area contributed by atoms with E-state index in [9.17, 15) is 4.79 Å². The minimum atomic E-state index is -0.179. The first-order valence-corrected chi connectivity index (χ1v) is 11.3. The molecule has 7 heteroatoms. The predicted molar refractivity (Wildman–Crippen MR) is 121 cm³/mol. The van der Waals surface area contributed by atoms with Crippen molar-refractivity contribution >= 4 is 17.2 Å². The molecule has 1 aliphatic rings. The average molecular weight is 438 g/mol. The van der Waals surface area contributed by atoms with Gasteiger partial charge >= 0.3 is 0 Å². The van der Waals surface area contributed by atoms with E-state index in [-0.39, 0.29) is 12.0 Å². The van der Waals surface area contributed by atoms with Crippen molar-refractivity contribution in [3.63, 3.8) is 0 Å². The molecule has 1 aromatic heterocycles. The Morgan fingerprint density at radius 3 is 2.84 bits per heavy atom. The van der Waals surface area contributed by atoms with Crippen LogP contribution < -0.4 is 10.1 Å². The first kappa shape index (κ1) is 21.5. The van der Waals surface area contributed by atoms with Crippen LogP contribution in [0.15, 0.2) is 60.0 Å². The predicted octanol–water partition coefficient (Wildman–Crippen LogP) is 3.66. The first-order chi connectivity index (χ1) is 15.2. The highest BCUT2D eigenvalue weighted by Crippen LogP contribution is 2.16. The maximum Gasteiger partial charge on any atom is 0.270 e. The number of ether oxygens (including phenoxy) is 2. The third kappa shape index (κ3) is 6.37. The topological polar surface area (TPSA) is 63.7 Å². The number of nitrogens with one attached hydrogen (secondary N) is 1. The molecule has 0 saturated carbocycles. The van der Waals surface area contributed by atoms with Crippen LogP contribution in [-0.4, -0.2) is 48.1 Å². The molecule has 3 aromatic rings. The van der Waals surface area contributed by atoms with Crippen LogP contribution in [-0.2, 0) is 17.9 Å². The normalized spacial score (nSPS) is 16.7. The van der Waals surface area contributed by atoms with Crippen molar-refractivity contribution in [2.75, 3.05) is 26.2 Å². The number of thiazole rings is 1. The van der Waals surface area contributed by atoms with Gasteiger partial charge in [0.25, 0.3) is 5.91 Å². The van der Waals surface area contributed by atoms with Crippen LogP contribution in [0.3, 0.4) is 0 Å². The van der Waals surface area contributed by atoms with Crippen molar-refractivity contribution in [3.8, 4) is 5.75 Å². The molecule has 1 aliphatic heterocycles. The summed E-state index contributed by atoms with van der Waals surface area (Å²) in [6, 6.07) is 18.3. The van der Waals surface area contributed by atoms with Gasteiger partial charge in [0.2, 0.25) is 0 Å². The Bertz CT molecular complexity index is 975. The van der Waals surface area contributed by atoms with Gasteiger partial charge in [0.15, 0.2) is 0 Å². The zero-order chi connectivity index (χ0) is 21.5. The van der Waals surface area contributed by atoms with Gasteiger partial charge in [0, 0.05) is 31.6 Å². The zero-order valence-electron chi connectivity index (χ0n) is 17.6. The zero-order valence-corrected chi connectivity index (χ0v) is 18.4. The van der Waals surface area contributed by atoms with E-state index in [2.05, 4.69) is 39.5 Å². The SMILES string of the molecule is Cc1ccc(OCc2nc(C(=O)NCC3CN(Cc4ccccc4)CCO3)cs2)cc1. The van der Waals surface area contributed by atoms with Crippen molar-refractivity contribution in [1.82, 2.24) is 15.2 Å². The lowest BCUT2D eigenvalue weighted by molar-refractivity contribution is -0.0292. The maximum atomic E-state index is 12.5. The molecule has 162 valence electrons. The second-order valence-electron chi connectivity index (χ2n) is 7.65. The fourth-order valence-electron chi connectivity index (χ4n) is 3.45. The largest absolute Gasteiger partial charge is 0.486 e. The summed E-state index contributed by atoms with van der Waals surface area (Å²) in [5.74, 6) is 0.614. The van der Waals surface area contributed by atoms with Crippen LogP contribution in [0.25, 0.3) is 0 Å². The van der Waals surface area contributed by atoms with Crippen LogP contribution in [0.4, 0.5) is 0 Å². The van der Waals surface area contributed by atoms with Gasteiger partial charge in [0.05, 0.1) is 12.7 Å². The molecule has 6 nitrogen and oxygen atoms in total. The molecule has 0 aliphatic carbocycles. The molecule has 4 rings (SSSR count). The molecule has 31 heavy (non-hydrogen) atoms. The number of carbonyl (C=O) groups excluding carboxylic acids is 1. The molecule has 0 radical (unpaired) electrons. The molecule has 2 heterocycles. The van der Waals surface area contributed by atoms with Gasteiger partial charge in [-0.05, 0) is 24.6 Å². The fourth-order valence-corrected chi connectivity index (χ4v) is 4.13. The van der Waals surface area contributed by atoms with Crippen molar-refractivity contribution < 1.29 is 14.3 Å². The molecule has 0 spiro atoms. The van der Waals surface area contributed by atoms with Crippen LogP contribution in [0.2, 0.25) is 0 Å². The van der Waals surface area contributed by atoms with Crippen LogP contribution >= 0.6 is 11.3 Å². The highest BCUT2D eigenvalue weighted by atomic mass is 32.1. The van der Waals surface area contributed by atoms with Gasteiger partial charge in [-0.3, -0.25) is 9.69 Å². The molecule has 0 bridgehead atoms. The number of rotatable bonds is 8. The van der Waals surface area contributed by atoms with Crippen molar-refractivity contribution in [3.05, 3.63) is 81.8 Å². The van der Waals surface area contributed by atoms with E-state index in [0.717, 1.165) is 30.4 Å². The lowest BCUT2D eigenvalue weighted by atomic mass is 10.2. The van der Waals surface area contributed by atoms with Gasteiger partial charge in [-0.2, -0.15) is 0 Å². The molecule has 1 N–H and O–H groups in total. The van der Waals surface area contributed by atoms with Crippen LogP contribution in [0.1, 0.15) is 26.6 Å². The molecule has 1 saturated heterocycles. The van der Waals surface area contributed by atoms with E-state index in [1.807, 2.05) is 37.3 Å². The molecule has 2 aromatic carbocycles. The monoisotopic (exact) mass is 437 g/mol. The summed E-state index contributed by atoms with van der Waals surface area (Å²) in [7, 11) is 0. The lowest BCUT2D eigenvalue weighted by Crippen LogP contribution is -2.47. The number of carbonyl (C=O) groups is 1. The number of aryl methyl sites for hydroxylation is 1. The summed E-state index contributed by atoms with van der Waals surface area (Å²) in [5, 5.41) is 5.50. The van der Waals surface area contributed by atoms with Gasteiger partial charge in [-0.25, -0.2) is 4.98 Å². The average Bonchev–Trinajstić information content (AvgIpc) is 3.27. The third-order valence-corrected chi connectivity index (χ3v) is 5.95.